The molecule has 0 aliphatic rings. The molecule has 0 aliphatic heterocycles. The highest BCUT2D eigenvalue weighted by Crippen LogP contribution is 2.11. The minimum Gasteiger partial charge on any atom is -0.489 e. The van der Waals surface area contributed by atoms with E-state index >= 15 is 0 Å². The van der Waals surface area contributed by atoms with Crippen molar-refractivity contribution < 1.29 is 19.1 Å². The molecular weight excluding hydrogens is 340 g/mol. The van der Waals surface area contributed by atoms with Gasteiger partial charge >= 0.3 is 0 Å². The number of carbonyl (C=O) groups is 3. The van der Waals surface area contributed by atoms with Crippen molar-refractivity contribution in [2.24, 2.45) is 0 Å². The lowest BCUT2D eigenvalue weighted by molar-refractivity contribution is -0.124. The van der Waals surface area contributed by atoms with Crippen molar-refractivity contribution >= 4 is 17.6 Å². The molecule has 0 saturated heterocycles. The van der Waals surface area contributed by atoms with Gasteiger partial charge in [-0.2, -0.15) is 0 Å². The minimum absolute atomic E-state index is 0.00658. The van der Waals surface area contributed by atoms with Crippen molar-refractivity contribution in [3.05, 3.63) is 26.0 Å². The van der Waals surface area contributed by atoms with E-state index in [0.29, 0.717) is 25.9 Å². The van der Waals surface area contributed by atoms with E-state index in [4.69, 9.17) is 4.74 Å². The molecule has 1 aromatic rings. The lowest BCUT2D eigenvalue weighted by Gasteiger charge is -2.13. The van der Waals surface area contributed by atoms with Gasteiger partial charge in [-0.25, -0.2) is 0 Å². The van der Waals surface area contributed by atoms with Crippen molar-refractivity contribution in [2.75, 3.05) is 13.2 Å². The Hall–Kier alpha value is -2.51. The Kier molecular flexibility index (Phi) is 9.25. The van der Waals surface area contributed by atoms with Gasteiger partial charge in [0.25, 0.3) is 5.43 Å². The molecule has 144 valence electrons. The number of rotatable bonds is 13. The van der Waals surface area contributed by atoms with Crippen LogP contribution in [0.4, 0.5) is 0 Å². The molecule has 1 aromatic carbocycles. The molecule has 1 rings (SSSR count). The van der Waals surface area contributed by atoms with Gasteiger partial charge in [0.15, 0.2) is 11.5 Å². The molecule has 0 aromatic heterocycles. The van der Waals surface area contributed by atoms with Crippen LogP contribution in [0.5, 0.6) is 5.75 Å². The highest BCUT2D eigenvalue weighted by molar-refractivity contribution is 5.85. The van der Waals surface area contributed by atoms with Crippen LogP contribution in [0.2, 0.25) is 0 Å². The molecule has 8 heteroatoms. The van der Waals surface area contributed by atoms with Crippen LogP contribution >= 0.6 is 0 Å². The Bertz CT molecular complexity index is 703. The van der Waals surface area contributed by atoms with Crippen LogP contribution in [-0.2, 0) is 20.9 Å². The predicted molar refractivity (Wildman–Crippen MR) is 95.8 cm³/mol. The van der Waals surface area contributed by atoms with Gasteiger partial charge in [0, 0.05) is 19.8 Å². The third-order valence-electron chi connectivity index (χ3n) is 3.81. The van der Waals surface area contributed by atoms with Crippen LogP contribution in [0.3, 0.4) is 0 Å². The standard InChI is InChI=1S/C18H26N2O6/c1-3-4-9-26-18-14(16(24)17(18)25)11-20-15(23)8-6-5-7-13(22)10-19-12(2)21/h3-11H2,1-2H3,(H,19,21)(H,20,23). The van der Waals surface area contributed by atoms with Crippen LogP contribution in [0.15, 0.2) is 9.59 Å². The number of hydrogen-bond acceptors (Lipinski definition) is 6. The van der Waals surface area contributed by atoms with Crippen LogP contribution in [-0.4, -0.2) is 30.7 Å². The molecule has 26 heavy (non-hydrogen) atoms. The number of nitrogens with one attached hydrogen (secondary N) is 2. The number of amides is 2. The van der Waals surface area contributed by atoms with Gasteiger partial charge in [0.2, 0.25) is 17.2 Å². The number of ether oxygens (including phenoxy) is 1. The second kappa shape index (κ2) is 11.2. The van der Waals surface area contributed by atoms with E-state index in [-0.39, 0.29) is 48.4 Å². The summed E-state index contributed by atoms with van der Waals surface area (Å²) in [5.74, 6) is -0.536. The second-order valence-electron chi connectivity index (χ2n) is 6.10. The van der Waals surface area contributed by atoms with Crippen LogP contribution in [0, 0.1) is 0 Å². The molecule has 0 aliphatic carbocycles. The third-order valence-corrected chi connectivity index (χ3v) is 3.81. The first-order valence-electron chi connectivity index (χ1n) is 8.84. The third kappa shape index (κ3) is 7.16. The summed E-state index contributed by atoms with van der Waals surface area (Å²) in [6, 6.07) is 0. The fourth-order valence-electron chi connectivity index (χ4n) is 2.24. The van der Waals surface area contributed by atoms with E-state index in [9.17, 15) is 24.0 Å². The van der Waals surface area contributed by atoms with E-state index in [0.717, 1.165) is 12.8 Å². The maximum Gasteiger partial charge on any atom is 0.268 e. The highest BCUT2D eigenvalue weighted by Gasteiger charge is 2.22. The normalized spacial score (nSPS) is 10.5. The van der Waals surface area contributed by atoms with Crippen LogP contribution in [0.1, 0.15) is 57.9 Å². The summed E-state index contributed by atoms with van der Waals surface area (Å²) in [6.45, 7) is 3.68. The second-order valence-corrected chi connectivity index (χ2v) is 6.10. The van der Waals surface area contributed by atoms with Gasteiger partial charge in [-0.3, -0.25) is 24.0 Å². The van der Waals surface area contributed by atoms with Gasteiger partial charge in [0.1, 0.15) is 0 Å². The van der Waals surface area contributed by atoms with Gasteiger partial charge < -0.3 is 15.4 Å². The molecule has 8 nitrogen and oxygen atoms in total. The summed E-state index contributed by atoms with van der Waals surface area (Å²) >= 11 is 0. The zero-order chi connectivity index (χ0) is 19.5. The van der Waals surface area contributed by atoms with Gasteiger partial charge in [-0.1, -0.05) is 13.3 Å². The van der Waals surface area contributed by atoms with E-state index < -0.39 is 10.9 Å². The van der Waals surface area contributed by atoms with Crippen molar-refractivity contribution in [3.63, 3.8) is 0 Å². The van der Waals surface area contributed by atoms with E-state index in [1.165, 1.54) is 6.92 Å². The largest absolute Gasteiger partial charge is 0.489 e. The lowest BCUT2D eigenvalue weighted by atomic mass is 10.1. The fourth-order valence-corrected chi connectivity index (χ4v) is 2.24. The quantitative estimate of drug-likeness (QED) is 0.384. The molecule has 2 amide bonds. The molecular formula is C18H26N2O6. The molecule has 0 unspecified atom stereocenters. The molecule has 0 atom stereocenters. The van der Waals surface area contributed by atoms with E-state index in [1.807, 2.05) is 6.92 Å². The Labute approximate surface area is 152 Å². The topological polar surface area (TPSA) is 119 Å². The van der Waals surface area contributed by atoms with E-state index in [1.54, 1.807) is 0 Å². The zero-order valence-electron chi connectivity index (χ0n) is 15.3. The van der Waals surface area contributed by atoms with Crippen molar-refractivity contribution in [1.82, 2.24) is 10.6 Å². The number of carbonyl (C=O) groups excluding carboxylic acids is 3. The van der Waals surface area contributed by atoms with Crippen molar-refractivity contribution in [1.29, 1.82) is 0 Å². The number of ketones is 1. The average Bonchev–Trinajstić information content (AvgIpc) is 2.61. The smallest absolute Gasteiger partial charge is 0.268 e. The zero-order valence-corrected chi connectivity index (χ0v) is 15.3. The molecule has 2 N–H and O–H groups in total. The predicted octanol–water partition coefficient (Wildman–Crippen LogP) is 0.343. The maximum atomic E-state index is 11.8. The van der Waals surface area contributed by atoms with Crippen molar-refractivity contribution in [3.8, 4) is 5.75 Å². The number of Topliss-reactive ketones (excluding diaryl/α,β-unsaturated/α-hetero) is 1. The number of hydrogen-bond donors (Lipinski definition) is 2. The molecule has 0 heterocycles. The first-order chi connectivity index (χ1) is 12.4. The summed E-state index contributed by atoms with van der Waals surface area (Å²) in [6.07, 6.45) is 3.26. The van der Waals surface area contributed by atoms with Crippen molar-refractivity contribution in [2.45, 2.75) is 58.9 Å². The Morgan fingerprint density at radius 3 is 2.31 bits per heavy atom. The maximum absolute atomic E-state index is 11.8. The first kappa shape index (κ1) is 21.5. The van der Waals surface area contributed by atoms with Gasteiger partial charge in [-0.05, 0) is 19.3 Å². The Morgan fingerprint density at radius 2 is 1.65 bits per heavy atom. The first-order valence-corrected chi connectivity index (χ1v) is 8.84. The lowest BCUT2D eigenvalue weighted by Crippen LogP contribution is -2.40. The SMILES string of the molecule is CCCCOc1c(CNC(=O)CCCCC(=O)CNC(C)=O)c(=O)c1=O. The summed E-state index contributed by atoms with van der Waals surface area (Å²) in [5, 5.41) is 5.02. The molecule has 0 fully saturated rings. The average molecular weight is 366 g/mol. The van der Waals surface area contributed by atoms with Gasteiger partial charge in [0.05, 0.1) is 25.3 Å². The molecule has 0 spiro atoms. The van der Waals surface area contributed by atoms with E-state index in [2.05, 4.69) is 10.6 Å². The Balaban J connectivity index is 2.26. The summed E-state index contributed by atoms with van der Waals surface area (Å²) in [5.41, 5.74) is -1.03. The minimum atomic E-state index is -0.636. The summed E-state index contributed by atoms with van der Waals surface area (Å²) in [4.78, 5) is 57.0. The monoisotopic (exact) mass is 366 g/mol. The number of unbranched alkanes of at least 4 members (excludes halogenated alkanes) is 2. The molecule has 0 saturated carbocycles. The highest BCUT2D eigenvalue weighted by atomic mass is 16.5. The molecule has 0 radical (unpaired) electrons. The van der Waals surface area contributed by atoms with Gasteiger partial charge in [-0.15, -0.1) is 0 Å². The molecule has 0 bridgehead atoms. The summed E-state index contributed by atoms with van der Waals surface area (Å²) in [7, 11) is 0. The fraction of sp³-hybridized carbons (Fsp3) is 0.611. The van der Waals surface area contributed by atoms with Crippen LogP contribution < -0.4 is 26.2 Å². The summed E-state index contributed by atoms with van der Waals surface area (Å²) < 4.78 is 5.30. The van der Waals surface area contributed by atoms with Crippen LogP contribution in [0.25, 0.3) is 0 Å². The Morgan fingerprint density at radius 1 is 0.962 bits per heavy atom.